The van der Waals surface area contributed by atoms with Crippen LogP contribution >= 0.6 is 11.8 Å². The fourth-order valence-corrected chi connectivity index (χ4v) is 3.78. The molecule has 0 fully saturated rings. The smallest absolute Gasteiger partial charge is 0.328 e. The van der Waals surface area contributed by atoms with Crippen molar-refractivity contribution in [2.24, 2.45) is 5.73 Å². The van der Waals surface area contributed by atoms with Gasteiger partial charge in [0.05, 0.1) is 18.7 Å². The molecule has 4 unspecified atom stereocenters. The predicted octanol–water partition coefficient (Wildman–Crippen LogP) is -0.658. The number of aromatic nitrogens is 1. The van der Waals surface area contributed by atoms with Gasteiger partial charge in [0.15, 0.2) is 6.04 Å². The predicted molar refractivity (Wildman–Crippen MR) is 129 cm³/mol. The molecule has 1 aromatic carbocycles. The van der Waals surface area contributed by atoms with Crippen LogP contribution in [0.1, 0.15) is 18.9 Å². The van der Waals surface area contributed by atoms with Crippen LogP contribution in [0.3, 0.4) is 0 Å². The number of nitrogens with one attached hydrogen (secondary N) is 4. The van der Waals surface area contributed by atoms with Crippen LogP contribution in [-0.4, -0.2) is 81.7 Å². The number of benzene rings is 1. The number of carboxylic acids is 1. The molecule has 0 saturated heterocycles. The van der Waals surface area contributed by atoms with Gasteiger partial charge in [-0.15, -0.1) is 0 Å². The van der Waals surface area contributed by atoms with Crippen molar-refractivity contribution in [2.45, 2.75) is 44.0 Å². The molecule has 12 heteroatoms. The zero-order chi connectivity index (χ0) is 25.3. The molecule has 34 heavy (non-hydrogen) atoms. The van der Waals surface area contributed by atoms with Crippen LogP contribution in [0.5, 0.6) is 0 Å². The number of carbonyl (C=O) groups is 4. The van der Waals surface area contributed by atoms with Crippen LogP contribution in [0.2, 0.25) is 0 Å². The van der Waals surface area contributed by atoms with Gasteiger partial charge < -0.3 is 36.9 Å². The van der Waals surface area contributed by atoms with Crippen molar-refractivity contribution in [1.29, 1.82) is 0 Å². The van der Waals surface area contributed by atoms with Gasteiger partial charge in [-0.05, 0) is 37.0 Å². The second-order valence-electron chi connectivity index (χ2n) is 7.85. The third kappa shape index (κ3) is 7.75. The lowest BCUT2D eigenvalue weighted by molar-refractivity contribution is -0.144. The van der Waals surface area contributed by atoms with Crippen LogP contribution in [0.4, 0.5) is 0 Å². The lowest BCUT2D eigenvalue weighted by Gasteiger charge is -2.21. The summed E-state index contributed by atoms with van der Waals surface area (Å²) in [6.07, 6.45) is 2.90. The van der Waals surface area contributed by atoms with Gasteiger partial charge >= 0.3 is 5.97 Å². The van der Waals surface area contributed by atoms with E-state index in [2.05, 4.69) is 20.9 Å². The summed E-state index contributed by atoms with van der Waals surface area (Å²) in [6, 6.07) is 4.17. The third-order valence-corrected chi connectivity index (χ3v) is 5.83. The molecule has 0 spiro atoms. The van der Waals surface area contributed by atoms with E-state index in [1.165, 1.54) is 6.92 Å². The Bertz CT molecular complexity index is 1010. The summed E-state index contributed by atoms with van der Waals surface area (Å²) in [5, 5.41) is 26.7. The highest BCUT2D eigenvalue weighted by Crippen LogP contribution is 2.19. The number of H-pyrrole nitrogens is 1. The maximum atomic E-state index is 12.9. The summed E-state index contributed by atoms with van der Waals surface area (Å²) in [4.78, 5) is 51.9. The number of thioether (sulfide) groups is 1. The monoisotopic (exact) mass is 493 g/mol. The first-order valence-electron chi connectivity index (χ1n) is 10.7. The number of carboxylic acid groups (broad SMARTS) is 1. The molecule has 0 aliphatic rings. The third-order valence-electron chi connectivity index (χ3n) is 5.19. The molecule has 8 N–H and O–H groups in total. The van der Waals surface area contributed by atoms with Crippen LogP contribution in [-0.2, 0) is 25.6 Å². The van der Waals surface area contributed by atoms with E-state index < -0.39 is 54.5 Å². The Labute approximate surface area is 201 Å². The van der Waals surface area contributed by atoms with Crippen molar-refractivity contribution >= 4 is 46.4 Å². The highest BCUT2D eigenvalue weighted by Gasteiger charge is 2.27. The molecular formula is C22H31N5O6S. The molecule has 0 bridgehead atoms. The number of hydrogen-bond donors (Lipinski definition) is 7. The number of hydrogen-bond acceptors (Lipinski definition) is 7. The molecule has 11 nitrogen and oxygen atoms in total. The van der Waals surface area contributed by atoms with E-state index in [9.17, 15) is 24.3 Å². The lowest BCUT2D eigenvalue weighted by Crippen LogP contribution is -2.55. The molecular weight excluding hydrogens is 462 g/mol. The van der Waals surface area contributed by atoms with E-state index in [1.807, 2.05) is 30.5 Å². The molecule has 0 aliphatic heterocycles. The van der Waals surface area contributed by atoms with Gasteiger partial charge in [0, 0.05) is 23.5 Å². The Kier molecular flexibility index (Phi) is 10.4. The maximum Gasteiger partial charge on any atom is 0.328 e. The number of fused-ring (bicyclic) bond motifs is 1. The quantitative estimate of drug-likeness (QED) is 0.192. The van der Waals surface area contributed by atoms with Gasteiger partial charge in [-0.2, -0.15) is 11.8 Å². The van der Waals surface area contributed by atoms with Crippen LogP contribution < -0.4 is 21.7 Å². The number of para-hydroxylation sites is 1. The number of aliphatic hydroxyl groups excluding tert-OH is 1. The minimum absolute atomic E-state index is 0.143. The Morgan fingerprint density at radius 2 is 1.85 bits per heavy atom. The summed E-state index contributed by atoms with van der Waals surface area (Å²) < 4.78 is 0. The zero-order valence-corrected chi connectivity index (χ0v) is 19.9. The minimum Gasteiger partial charge on any atom is -0.480 e. The van der Waals surface area contributed by atoms with Crippen LogP contribution in [0.15, 0.2) is 30.5 Å². The number of aromatic amines is 1. The first kappa shape index (κ1) is 27.2. The molecule has 2 aromatic rings. The topological polar surface area (TPSA) is 187 Å². The first-order valence-corrected chi connectivity index (χ1v) is 12.1. The van der Waals surface area contributed by atoms with E-state index in [0.717, 1.165) is 16.5 Å². The average Bonchev–Trinajstić information content (AvgIpc) is 3.21. The van der Waals surface area contributed by atoms with Gasteiger partial charge in [-0.25, -0.2) is 4.79 Å². The van der Waals surface area contributed by atoms with Gasteiger partial charge in [0.1, 0.15) is 6.04 Å². The van der Waals surface area contributed by atoms with Crippen molar-refractivity contribution in [3.05, 3.63) is 36.0 Å². The summed E-state index contributed by atoms with van der Waals surface area (Å²) in [7, 11) is 0. The summed E-state index contributed by atoms with van der Waals surface area (Å²) in [5.74, 6) is -2.63. The maximum absolute atomic E-state index is 12.9. The molecule has 4 atom stereocenters. The molecule has 186 valence electrons. The Hall–Kier alpha value is -3.09. The normalized spacial score (nSPS) is 14.6. The van der Waals surface area contributed by atoms with Crippen molar-refractivity contribution in [3.63, 3.8) is 0 Å². The average molecular weight is 494 g/mol. The van der Waals surface area contributed by atoms with Crippen LogP contribution in [0, 0.1) is 0 Å². The van der Waals surface area contributed by atoms with Gasteiger partial charge in [-0.1, -0.05) is 18.2 Å². The summed E-state index contributed by atoms with van der Waals surface area (Å²) in [6.45, 7) is 0.693. The second kappa shape index (κ2) is 13.0. The molecule has 1 heterocycles. The van der Waals surface area contributed by atoms with E-state index in [1.54, 1.807) is 18.0 Å². The van der Waals surface area contributed by atoms with Crippen LogP contribution in [0.25, 0.3) is 10.9 Å². The van der Waals surface area contributed by atoms with Crippen molar-refractivity contribution in [1.82, 2.24) is 20.9 Å². The molecule has 0 saturated carbocycles. The van der Waals surface area contributed by atoms with E-state index in [4.69, 9.17) is 10.8 Å². The fraction of sp³-hybridized carbons (Fsp3) is 0.455. The Balaban J connectivity index is 2.11. The van der Waals surface area contributed by atoms with Crippen molar-refractivity contribution in [2.75, 3.05) is 18.6 Å². The van der Waals surface area contributed by atoms with Crippen molar-refractivity contribution < 1.29 is 29.4 Å². The zero-order valence-electron chi connectivity index (χ0n) is 19.0. The number of carbonyl (C=O) groups excluding carboxylic acids is 3. The second-order valence-corrected chi connectivity index (χ2v) is 8.84. The number of aliphatic hydroxyl groups is 1. The molecule has 0 aliphatic carbocycles. The van der Waals surface area contributed by atoms with Gasteiger partial charge in [0.25, 0.3) is 0 Å². The number of amides is 3. The molecule has 3 amide bonds. The number of rotatable bonds is 13. The minimum atomic E-state index is -1.51. The Morgan fingerprint density at radius 3 is 2.50 bits per heavy atom. The standard InChI is InChI=1S/C22H31N5O6S/c1-12(28)19(22(32)33)27-18(29)11-25-21(31)17(26-20(30)15(23)7-8-34-2)9-13-10-24-16-6-4-3-5-14(13)16/h3-6,10,12,15,17,19,24,28H,7-9,11,23H2,1-2H3,(H,25,31)(H,26,30)(H,27,29)(H,32,33). The summed E-state index contributed by atoms with van der Waals surface area (Å²) >= 11 is 1.55. The number of nitrogens with two attached hydrogens (primary N) is 1. The van der Waals surface area contributed by atoms with E-state index >= 15 is 0 Å². The fourth-order valence-electron chi connectivity index (χ4n) is 3.29. The highest BCUT2D eigenvalue weighted by molar-refractivity contribution is 7.98. The summed E-state index contributed by atoms with van der Waals surface area (Å²) in [5.41, 5.74) is 7.60. The largest absolute Gasteiger partial charge is 0.480 e. The van der Waals surface area contributed by atoms with E-state index in [0.29, 0.717) is 12.2 Å². The Morgan fingerprint density at radius 1 is 1.15 bits per heavy atom. The SMILES string of the molecule is CSCCC(N)C(=O)NC(Cc1c[nH]c2ccccc12)C(=O)NCC(=O)NC(C(=O)O)C(C)O. The first-order chi connectivity index (χ1) is 16.1. The lowest BCUT2D eigenvalue weighted by atomic mass is 10.0. The van der Waals surface area contributed by atoms with Crippen molar-refractivity contribution in [3.8, 4) is 0 Å². The molecule has 1 aromatic heterocycles. The van der Waals surface area contributed by atoms with Gasteiger partial charge in [0.2, 0.25) is 17.7 Å². The molecule has 0 radical (unpaired) electrons. The number of aliphatic carboxylic acids is 1. The highest BCUT2D eigenvalue weighted by atomic mass is 32.2. The van der Waals surface area contributed by atoms with Gasteiger partial charge in [-0.3, -0.25) is 14.4 Å². The van der Waals surface area contributed by atoms with E-state index in [-0.39, 0.29) is 6.42 Å². The molecule has 2 rings (SSSR count).